The lowest BCUT2D eigenvalue weighted by molar-refractivity contribution is -0.146. The van der Waals surface area contributed by atoms with Crippen molar-refractivity contribution >= 4 is 11.8 Å². The number of rotatable bonds is 6. The van der Waals surface area contributed by atoms with Gasteiger partial charge in [0.25, 0.3) is 0 Å². The molecule has 0 N–H and O–H groups in total. The molecule has 0 saturated carbocycles. The topological polar surface area (TPSA) is 69.2 Å². The SMILES string of the molecule is CCCC(C(=O)OCC)C(=O)c1ccncn1. The number of carbonyl (C=O) groups is 2. The van der Waals surface area contributed by atoms with E-state index < -0.39 is 11.9 Å². The first kappa shape index (κ1) is 13.3. The molecule has 0 aromatic carbocycles. The van der Waals surface area contributed by atoms with E-state index in [2.05, 4.69) is 9.97 Å². The number of esters is 1. The molecule has 0 amide bonds. The van der Waals surface area contributed by atoms with E-state index in [0.717, 1.165) is 6.42 Å². The van der Waals surface area contributed by atoms with Gasteiger partial charge in [0, 0.05) is 6.20 Å². The van der Waals surface area contributed by atoms with Crippen LogP contribution in [0.15, 0.2) is 18.6 Å². The predicted molar refractivity (Wildman–Crippen MR) is 61.4 cm³/mol. The fourth-order valence-electron chi connectivity index (χ4n) is 1.50. The predicted octanol–water partition coefficient (Wildman–Crippen LogP) is 1.64. The quantitative estimate of drug-likeness (QED) is 0.426. The molecule has 1 aromatic heterocycles. The van der Waals surface area contributed by atoms with Crippen LogP contribution in [0.2, 0.25) is 0 Å². The van der Waals surface area contributed by atoms with Gasteiger partial charge < -0.3 is 4.74 Å². The van der Waals surface area contributed by atoms with Gasteiger partial charge in [-0.15, -0.1) is 0 Å². The summed E-state index contributed by atoms with van der Waals surface area (Å²) < 4.78 is 4.90. The van der Waals surface area contributed by atoms with E-state index in [1.165, 1.54) is 18.6 Å². The third-order valence-corrected chi connectivity index (χ3v) is 2.30. The molecule has 0 aliphatic heterocycles. The average molecular weight is 236 g/mol. The lowest BCUT2D eigenvalue weighted by Gasteiger charge is -2.12. The van der Waals surface area contributed by atoms with Crippen molar-refractivity contribution in [1.29, 1.82) is 0 Å². The normalized spacial score (nSPS) is 11.9. The number of hydrogen-bond donors (Lipinski definition) is 0. The number of ketones is 1. The summed E-state index contributed by atoms with van der Waals surface area (Å²) in [4.78, 5) is 31.3. The Labute approximate surface area is 100 Å². The minimum absolute atomic E-state index is 0.256. The largest absolute Gasteiger partial charge is 0.465 e. The second-order valence-corrected chi connectivity index (χ2v) is 3.55. The summed E-state index contributed by atoms with van der Waals surface area (Å²) in [5.74, 6) is -1.53. The monoisotopic (exact) mass is 236 g/mol. The average Bonchev–Trinajstić information content (AvgIpc) is 2.36. The molecule has 1 unspecified atom stereocenters. The summed E-state index contributed by atoms with van der Waals surface area (Å²) in [6.07, 6.45) is 3.98. The lowest BCUT2D eigenvalue weighted by Crippen LogP contribution is -2.27. The lowest BCUT2D eigenvalue weighted by atomic mass is 9.96. The summed E-state index contributed by atoms with van der Waals surface area (Å²) in [6.45, 7) is 3.91. The number of aromatic nitrogens is 2. The molecule has 17 heavy (non-hydrogen) atoms. The summed E-state index contributed by atoms with van der Waals surface area (Å²) in [5, 5.41) is 0. The van der Waals surface area contributed by atoms with Gasteiger partial charge in [0.2, 0.25) is 0 Å². The maximum absolute atomic E-state index is 12.1. The fraction of sp³-hybridized carbons (Fsp3) is 0.500. The second-order valence-electron chi connectivity index (χ2n) is 3.55. The summed E-state index contributed by atoms with van der Waals surface area (Å²) >= 11 is 0. The highest BCUT2D eigenvalue weighted by Crippen LogP contribution is 2.14. The van der Waals surface area contributed by atoms with E-state index in [0.29, 0.717) is 6.42 Å². The van der Waals surface area contributed by atoms with E-state index in [1.807, 2.05) is 6.92 Å². The van der Waals surface area contributed by atoms with Gasteiger partial charge in [-0.05, 0) is 19.4 Å². The van der Waals surface area contributed by atoms with Crippen molar-refractivity contribution < 1.29 is 14.3 Å². The first-order chi connectivity index (χ1) is 8.20. The number of carbonyl (C=O) groups excluding carboxylic acids is 2. The van der Waals surface area contributed by atoms with Gasteiger partial charge in [-0.1, -0.05) is 13.3 Å². The van der Waals surface area contributed by atoms with E-state index in [9.17, 15) is 9.59 Å². The molecule has 0 radical (unpaired) electrons. The Kier molecular flexibility index (Phi) is 5.26. The molecular weight excluding hydrogens is 220 g/mol. The molecule has 1 aromatic rings. The van der Waals surface area contributed by atoms with Crippen LogP contribution < -0.4 is 0 Å². The van der Waals surface area contributed by atoms with Crippen LogP contribution in [0.5, 0.6) is 0 Å². The zero-order chi connectivity index (χ0) is 12.7. The molecule has 5 heteroatoms. The summed E-state index contributed by atoms with van der Waals surface area (Å²) in [6, 6.07) is 1.50. The third kappa shape index (κ3) is 3.62. The Morgan fingerprint density at radius 1 is 1.41 bits per heavy atom. The zero-order valence-electron chi connectivity index (χ0n) is 10.0. The van der Waals surface area contributed by atoms with Crippen molar-refractivity contribution in [3.63, 3.8) is 0 Å². The number of ether oxygens (including phenoxy) is 1. The summed E-state index contributed by atoms with van der Waals surface area (Å²) in [7, 11) is 0. The minimum atomic E-state index is -0.755. The van der Waals surface area contributed by atoms with Crippen molar-refractivity contribution in [2.45, 2.75) is 26.7 Å². The van der Waals surface area contributed by atoms with Gasteiger partial charge in [0.05, 0.1) is 6.61 Å². The number of nitrogens with zero attached hydrogens (tertiary/aromatic N) is 2. The van der Waals surface area contributed by atoms with Crippen LogP contribution in [0, 0.1) is 5.92 Å². The zero-order valence-corrected chi connectivity index (χ0v) is 10.0. The fourth-order valence-corrected chi connectivity index (χ4v) is 1.50. The van der Waals surface area contributed by atoms with Crippen molar-refractivity contribution in [3.8, 4) is 0 Å². The van der Waals surface area contributed by atoms with Crippen molar-refractivity contribution in [2.24, 2.45) is 5.92 Å². The molecule has 0 fully saturated rings. The minimum Gasteiger partial charge on any atom is -0.465 e. The Bertz CT molecular complexity index is 379. The van der Waals surface area contributed by atoms with E-state index >= 15 is 0 Å². The highest BCUT2D eigenvalue weighted by Gasteiger charge is 2.28. The molecule has 0 spiro atoms. The molecule has 1 rings (SSSR count). The van der Waals surface area contributed by atoms with Crippen LogP contribution >= 0.6 is 0 Å². The maximum Gasteiger partial charge on any atom is 0.316 e. The Morgan fingerprint density at radius 3 is 2.71 bits per heavy atom. The van der Waals surface area contributed by atoms with Crippen molar-refractivity contribution in [3.05, 3.63) is 24.3 Å². The number of Topliss-reactive ketones (excluding diaryl/α,β-unsaturated/α-hetero) is 1. The van der Waals surface area contributed by atoms with Crippen molar-refractivity contribution in [1.82, 2.24) is 9.97 Å². The molecular formula is C12H16N2O3. The van der Waals surface area contributed by atoms with Crippen LogP contribution in [-0.4, -0.2) is 28.3 Å². The molecule has 0 bridgehead atoms. The van der Waals surface area contributed by atoms with Crippen molar-refractivity contribution in [2.75, 3.05) is 6.61 Å². The van der Waals surface area contributed by atoms with Crippen LogP contribution in [0.4, 0.5) is 0 Å². The van der Waals surface area contributed by atoms with Crippen LogP contribution in [0.25, 0.3) is 0 Å². The van der Waals surface area contributed by atoms with Gasteiger partial charge in [-0.25, -0.2) is 9.97 Å². The van der Waals surface area contributed by atoms with E-state index in [4.69, 9.17) is 4.74 Å². The van der Waals surface area contributed by atoms with Gasteiger partial charge in [-0.2, -0.15) is 0 Å². The van der Waals surface area contributed by atoms with Crippen LogP contribution in [0.1, 0.15) is 37.2 Å². The Hall–Kier alpha value is -1.78. The molecule has 92 valence electrons. The molecule has 1 atom stereocenters. The molecule has 1 heterocycles. The Morgan fingerprint density at radius 2 is 2.18 bits per heavy atom. The molecule has 5 nitrogen and oxygen atoms in total. The summed E-state index contributed by atoms with van der Waals surface area (Å²) in [5.41, 5.74) is 0.256. The van der Waals surface area contributed by atoms with Crippen LogP contribution in [-0.2, 0) is 9.53 Å². The van der Waals surface area contributed by atoms with Gasteiger partial charge in [0.1, 0.15) is 17.9 Å². The van der Waals surface area contributed by atoms with E-state index in [1.54, 1.807) is 6.92 Å². The smallest absolute Gasteiger partial charge is 0.316 e. The molecule has 0 aliphatic rings. The van der Waals surface area contributed by atoms with Gasteiger partial charge >= 0.3 is 5.97 Å². The highest BCUT2D eigenvalue weighted by atomic mass is 16.5. The number of hydrogen-bond acceptors (Lipinski definition) is 5. The highest BCUT2D eigenvalue weighted by molar-refractivity contribution is 6.07. The second kappa shape index (κ2) is 6.73. The molecule has 0 saturated heterocycles. The first-order valence-corrected chi connectivity index (χ1v) is 5.67. The molecule has 0 aliphatic carbocycles. The van der Waals surface area contributed by atoms with E-state index in [-0.39, 0.29) is 18.1 Å². The Balaban J connectivity index is 2.84. The third-order valence-electron chi connectivity index (χ3n) is 2.30. The standard InChI is InChI=1S/C12H16N2O3/c1-3-5-9(12(16)17-4-2)11(15)10-6-7-13-8-14-10/h6-9H,3-5H2,1-2H3. The van der Waals surface area contributed by atoms with Crippen LogP contribution in [0.3, 0.4) is 0 Å². The van der Waals surface area contributed by atoms with Gasteiger partial charge in [0.15, 0.2) is 5.78 Å². The maximum atomic E-state index is 12.1. The first-order valence-electron chi connectivity index (χ1n) is 5.67. The van der Waals surface area contributed by atoms with Gasteiger partial charge in [-0.3, -0.25) is 9.59 Å².